The van der Waals surface area contributed by atoms with Crippen LogP contribution in [0.15, 0.2) is 36.4 Å². The molecule has 0 spiro atoms. The lowest BCUT2D eigenvalue weighted by molar-refractivity contribution is -0.385. The number of aliphatic hydroxyl groups excluding tert-OH is 1. The van der Waals surface area contributed by atoms with Gasteiger partial charge in [-0.1, -0.05) is 18.7 Å². The molecule has 0 amide bonds. The van der Waals surface area contributed by atoms with Gasteiger partial charge in [-0.05, 0) is 31.4 Å². The van der Waals surface area contributed by atoms with Crippen molar-refractivity contribution in [2.24, 2.45) is 5.92 Å². The summed E-state index contributed by atoms with van der Waals surface area (Å²) in [7, 11) is 0. The standard InChI is InChI=1S/C15H17NO5/c1-9(10(2)17)7-14(11(3)18)15(19)12-5-4-6-13(8-12)16(20)21/h4-6,8,14-15,19H,1,7H2,2-3H3. The fourth-order valence-electron chi connectivity index (χ4n) is 1.94. The molecule has 0 aliphatic carbocycles. The fraction of sp³-hybridized carbons (Fsp3) is 0.333. The molecule has 2 atom stereocenters. The molecule has 0 aromatic heterocycles. The number of hydrogen-bond donors (Lipinski definition) is 1. The summed E-state index contributed by atoms with van der Waals surface area (Å²) < 4.78 is 0. The molecule has 0 aliphatic heterocycles. The molecular weight excluding hydrogens is 274 g/mol. The summed E-state index contributed by atoms with van der Waals surface area (Å²) in [5.74, 6) is -1.42. The molecule has 6 nitrogen and oxygen atoms in total. The third-order valence-electron chi connectivity index (χ3n) is 3.29. The van der Waals surface area contributed by atoms with Crippen LogP contribution in [0.25, 0.3) is 0 Å². The van der Waals surface area contributed by atoms with Gasteiger partial charge in [-0.3, -0.25) is 19.7 Å². The first-order valence-corrected chi connectivity index (χ1v) is 6.35. The number of rotatable bonds is 7. The molecule has 0 bridgehead atoms. The molecule has 0 heterocycles. The van der Waals surface area contributed by atoms with Crippen molar-refractivity contribution in [3.63, 3.8) is 0 Å². The summed E-state index contributed by atoms with van der Waals surface area (Å²) in [6, 6.07) is 5.46. The number of Topliss-reactive ketones (excluding diaryl/α,β-unsaturated/α-hetero) is 2. The van der Waals surface area contributed by atoms with E-state index in [9.17, 15) is 24.8 Å². The van der Waals surface area contributed by atoms with Gasteiger partial charge >= 0.3 is 0 Å². The van der Waals surface area contributed by atoms with Crippen LogP contribution in [-0.4, -0.2) is 21.6 Å². The van der Waals surface area contributed by atoms with E-state index >= 15 is 0 Å². The van der Waals surface area contributed by atoms with E-state index in [0.29, 0.717) is 0 Å². The number of aliphatic hydroxyl groups is 1. The van der Waals surface area contributed by atoms with Crippen molar-refractivity contribution in [2.45, 2.75) is 26.4 Å². The van der Waals surface area contributed by atoms with Gasteiger partial charge in [0.15, 0.2) is 5.78 Å². The summed E-state index contributed by atoms with van der Waals surface area (Å²) in [5, 5.41) is 21.0. The SMILES string of the molecule is C=C(CC(C(C)=O)C(O)c1cccc([N+](=O)[O-])c1)C(C)=O. The van der Waals surface area contributed by atoms with Gasteiger partial charge in [-0.15, -0.1) is 0 Å². The van der Waals surface area contributed by atoms with Crippen molar-refractivity contribution < 1.29 is 19.6 Å². The molecule has 21 heavy (non-hydrogen) atoms. The maximum atomic E-state index is 11.7. The number of hydrogen-bond acceptors (Lipinski definition) is 5. The highest BCUT2D eigenvalue weighted by atomic mass is 16.6. The van der Waals surface area contributed by atoms with Crippen molar-refractivity contribution in [3.05, 3.63) is 52.1 Å². The van der Waals surface area contributed by atoms with E-state index in [2.05, 4.69) is 6.58 Å². The summed E-state index contributed by atoms with van der Waals surface area (Å²) in [6.07, 6.45) is -1.20. The van der Waals surface area contributed by atoms with E-state index in [0.717, 1.165) is 0 Å². The molecule has 1 rings (SSSR count). The van der Waals surface area contributed by atoms with Gasteiger partial charge in [0.25, 0.3) is 5.69 Å². The monoisotopic (exact) mass is 291 g/mol. The predicted molar refractivity (Wildman–Crippen MR) is 76.7 cm³/mol. The molecule has 1 N–H and O–H groups in total. The second-order valence-electron chi connectivity index (χ2n) is 4.88. The third-order valence-corrected chi connectivity index (χ3v) is 3.29. The number of carbonyl (C=O) groups excluding carboxylic acids is 2. The van der Waals surface area contributed by atoms with Gasteiger partial charge in [0.1, 0.15) is 5.78 Å². The topological polar surface area (TPSA) is 97.5 Å². The highest BCUT2D eigenvalue weighted by Gasteiger charge is 2.27. The lowest BCUT2D eigenvalue weighted by Gasteiger charge is -2.21. The van der Waals surface area contributed by atoms with Crippen LogP contribution in [0.5, 0.6) is 0 Å². The van der Waals surface area contributed by atoms with Crippen LogP contribution in [0.4, 0.5) is 5.69 Å². The summed E-state index contributed by atoms with van der Waals surface area (Å²) in [4.78, 5) is 33.1. The van der Waals surface area contributed by atoms with Crippen molar-refractivity contribution >= 4 is 17.3 Å². The zero-order valence-corrected chi connectivity index (χ0v) is 11.9. The number of nitro benzene ring substituents is 1. The minimum atomic E-state index is -1.22. The highest BCUT2D eigenvalue weighted by molar-refractivity contribution is 5.93. The Hall–Kier alpha value is -2.34. The maximum absolute atomic E-state index is 11.7. The Labute approximate surface area is 122 Å². The number of allylic oxidation sites excluding steroid dienone is 1. The minimum Gasteiger partial charge on any atom is -0.388 e. The van der Waals surface area contributed by atoms with E-state index in [1.54, 1.807) is 0 Å². The van der Waals surface area contributed by atoms with Gasteiger partial charge in [-0.25, -0.2) is 0 Å². The molecule has 0 fully saturated rings. The van der Waals surface area contributed by atoms with Crippen LogP contribution >= 0.6 is 0 Å². The normalized spacial score (nSPS) is 13.3. The lowest BCUT2D eigenvalue weighted by Crippen LogP contribution is -2.22. The van der Waals surface area contributed by atoms with E-state index < -0.39 is 16.9 Å². The van der Waals surface area contributed by atoms with Crippen LogP contribution in [-0.2, 0) is 9.59 Å². The lowest BCUT2D eigenvalue weighted by atomic mass is 9.86. The smallest absolute Gasteiger partial charge is 0.269 e. The summed E-state index contributed by atoms with van der Waals surface area (Å²) >= 11 is 0. The first kappa shape index (κ1) is 16.7. The number of nitrogens with zero attached hydrogens (tertiary/aromatic N) is 1. The van der Waals surface area contributed by atoms with Crippen molar-refractivity contribution in [1.29, 1.82) is 0 Å². The molecule has 0 radical (unpaired) electrons. The second kappa shape index (κ2) is 6.90. The molecule has 1 aromatic rings. The number of non-ortho nitro benzene ring substituents is 1. The predicted octanol–water partition coefficient (Wildman–Crippen LogP) is 2.37. The molecule has 0 saturated carbocycles. The molecule has 1 aromatic carbocycles. The number of nitro groups is 1. The van der Waals surface area contributed by atoms with E-state index in [-0.39, 0.29) is 34.8 Å². The molecule has 6 heteroatoms. The van der Waals surface area contributed by atoms with Gasteiger partial charge in [0.05, 0.1) is 16.9 Å². The molecule has 2 unspecified atom stereocenters. The number of benzene rings is 1. The quantitative estimate of drug-likeness (QED) is 0.472. The van der Waals surface area contributed by atoms with Crippen molar-refractivity contribution in [2.75, 3.05) is 0 Å². The Bertz CT molecular complexity index is 593. The molecule has 0 saturated heterocycles. The minimum absolute atomic E-state index is 0.0223. The zero-order valence-electron chi connectivity index (χ0n) is 11.9. The zero-order chi connectivity index (χ0) is 16.2. The highest BCUT2D eigenvalue weighted by Crippen LogP contribution is 2.29. The summed E-state index contributed by atoms with van der Waals surface area (Å²) in [5.41, 5.74) is 0.333. The summed E-state index contributed by atoms with van der Waals surface area (Å²) in [6.45, 7) is 6.21. The number of ketones is 2. The van der Waals surface area contributed by atoms with E-state index in [1.807, 2.05) is 0 Å². The van der Waals surface area contributed by atoms with Gasteiger partial charge in [-0.2, -0.15) is 0 Å². The molecule has 0 aliphatic rings. The van der Waals surface area contributed by atoms with Crippen LogP contribution < -0.4 is 0 Å². The Kier molecular flexibility index (Phi) is 5.49. The van der Waals surface area contributed by atoms with Gasteiger partial charge in [0.2, 0.25) is 0 Å². The van der Waals surface area contributed by atoms with Crippen LogP contribution in [0.3, 0.4) is 0 Å². The van der Waals surface area contributed by atoms with Crippen LogP contribution in [0.2, 0.25) is 0 Å². The molecule has 112 valence electrons. The average Bonchev–Trinajstić information content (AvgIpc) is 2.43. The van der Waals surface area contributed by atoms with Gasteiger partial charge in [0, 0.05) is 12.1 Å². The Morgan fingerprint density at radius 2 is 2.00 bits per heavy atom. The van der Waals surface area contributed by atoms with Crippen LogP contribution in [0, 0.1) is 16.0 Å². The first-order chi connectivity index (χ1) is 9.73. The Morgan fingerprint density at radius 3 is 2.48 bits per heavy atom. The fourth-order valence-corrected chi connectivity index (χ4v) is 1.94. The Morgan fingerprint density at radius 1 is 1.38 bits per heavy atom. The maximum Gasteiger partial charge on any atom is 0.269 e. The van der Waals surface area contributed by atoms with Crippen molar-refractivity contribution in [3.8, 4) is 0 Å². The molecular formula is C15H17NO5. The Balaban J connectivity index is 3.06. The number of carbonyl (C=O) groups is 2. The second-order valence-corrected chi connectivity index (χ2v) is 4.88. The first-order valence-electron chi connectivity index (χ1n) is 6.35. The van der Waals surface area contributed by atoms with Crippen molar-refractivity contribution in [1.82, 2.24) is 0 Å². The van der Waals surface area contributed by atoms with E-state index in [1.165, 1.54) is 38.1 Å². The van der Waals surface area contributed by atoms with E-state index in [4.69, 9.17) is 0 Å². The average molecular weight is 291 g/mol. The third kappa shape index (κ3) is 4.32. The van der Waals surface area contributed by atoms with Gasteiger partial charge < -0.3 is 5.11 Å². The van der Waals surface area contributed by atoms with Crippen LogP contribution in [0.1, 0.15) is 31.9 Å². The largest absolute Gasteiger partial charge is 0.388 e.